The Hall–Kier alpha value is -2.28. The van der Waals surface area contributed by atoms with Gasteiger partial charge in [0, 0.05) is 17.4 Å². The van der Waals surface area contributed by atoms with Crippen LogP contribution in [0.15, 0.2) is 18.2 Å². The summed E-state index contributed by atoms with van der Waals surface area (Å²) in [6, 6.07) is 3.00. The Bertz CT molecular complexity index is 1090. The lowest BCUT2D eigenvalue weighted by molar-refractivity contribution is -0.214. The van der Waals surface area contributed by atoms with Gasteiger partial charge in [0.1, 0.15) is 11.6 Å². The van der Waals surface area contributed by atoms with E-state index in [2.05, 4.69) is 6.92 Å². The van der Waals surface area contributed by atoms with Gasteiger partial charge in [-0.3, -0.25) is 0 Å². The van der Waals surface area contributed by atoms with Crippen molar-refractivity contribution in [2.75, 3.05) is 19.8 Å². The molecule has 0 atom stereocenters. The van der Waals surface area contributed by atoms with Crippen LogP contribution in [0.25, 0.3) is 10.8 Å². The van der Waals surface area contributed by atoms with E-state index in [1.165, 1.54) is 12.0 Å². The van der Waals surface area contributed by atoms with Crippen LogP contribution in [0.3, 0.4) is 0 Å². The third-order valence-electron chi connectivity index (χ3n) is 6.20. The third-order valence-corrected chi connectivity index (χ3v) is 6.20. The molecule has 0 bridgehead atoms. The van der Waals surface area contributed by atoms with Crippen molar-refractivity contribution >= 4 is 10.8 Å². The van der Waals surface area contributed by atoms with Crippen LogP contribution in [0.5, 0.6) is 0 Å². The van der Waals surface area contributed by atoms with Crippen LogP contribution in [0.1, 0.15) is 50.0 Å². The zero-order valence-corrected chi connectivity index (χ0v) is 18.5. The van der Waals surface area contributed by atoms with Gasteiger partial charge in [-0.25, -0.2) is 13.2 Å². The molecule has 2 aliphatic rings. The van der Waals surface area contributed by atoms with Gasteiger partial charge >= 0.3 is 6.18 Å². The van der Waals surface area contributed by atoms with Crippen LogP contribution in [-0.4, -0.2) is 32.1 Å². The number of fused-ring (bicyclic) bond motifs is 1. The maximum absolute atomic E-state index is 14.7. The van der Waals surface area contributed by atoms with E-state index in [0.717, 1.165) is 49.7 Å². The molecule has 0 aromatic heterocycles. The van der Waals surface area contributed by atoms with Crippen molar-refractivity contribution in [2.24, 2.45) is 11.8 Å². The van der Waals surface area contributed by atoms with Gasteiger partial charge in [0.25, 0.3) is 0 Å². The quantitative estimate of drug-likeness (QED) is 0.368. The molecule has 1 heterocycles. The molecule has 3 nitrogen and oxygen atoms in total. The number of ether oxygens (including phenoxy) is 3. The third kappa shape index (κ3) is 5.85. The van der Waals surface area contributed by atoms with Gasteiger partial charge in [-0.05, 0) is 55.2 Å². The molecule has 0 radical (unpaired) electrons. The number of halogens is 6. The molecule has 184 valence electrons. The van der Waals surface area contributed by atoms with Gasteiger partial charge in [-0.2, -0.15) is 13.2 Å². The summed E-state index contributed by atoms with van der Waals surface area (Å²) < 4.78 is 97.9. The molecule has 2 fully saturated rings. The highest BCUT2D eigenvalue weighted by atomic mass is 19.4. The summed E-state index contributed by atoms with van der Waals surface area (Å²) in [6.45, 7) is 3.33. The molecule has 9 heteroatoms. The van der Waals surface area contributed by atoms with Crippen molar-refractivity contribution in [2.45, 2.75) is 51.2 Å². The molecule has 1 aliphatic carbocycles. The summed E-state index contributed by atoms with van der Waals surface area (Å²) in [5.41, 5.74) is -0.935. The topological polar surface area (TPSA) is 27.7 Å². The molecular formula is C25H24F6O3. The van der Waals surface area contributed by atoms with Crippen molar-refractivity contribution in [1.82, 2.24) is 0 Å². The van der Waals surface area contributed by atoms with Crippen LogP contribution in [-0.2, 0) is 14.2 Å². The Morgan fingerprint density at radius 2 is 1.65 bits per heavy atom. The molecule has 0 unspecified atom stereocenters. The molecule has 0 spiro atoms. The predicted octanol–water partition coefficient (Wildman–Crippen LogP) is 6.43. The molecule has 34 heavy (non-hydrogen) atoms. The van der Waals surface area contributed by atoms with Crippen molar-refractivity contribution < 1.29 is 40.6 Å². The van der Waals surface area contributed by atoms with Crippen LogP contribution < -0.4 is 0 Å². The van der Waals surface area contributed by atoms with Gasteiger partial charge in [-0.15, -0.1) is 0 Å². The summed E-state index contributed by atoms with van der Waals surface area (Å²) in [5, 5.41) is -0.827. The predicted molar refractivity (Wildman–Crippen MR) is 112 cm³/mol. The zero-order chi connectivity index (χ0) is 24.5. The second kappa shape index (κ2) is 10.1. The lowest BCUT2D eigenvalue weighted by atomic mass is 9.89. The van der Waals surface area contributed by atoms with Gasteiger partial charge < -0.3 is 14.2 Å². The fourth-order valence-corrected chi connectivity index (χ4v) is 4.32. The number of rotatable bonds is 4. The largest absolute Gasteiger partial charge is 0.458 e. The highest BCUT2D eigenvalue weighted by Gasteiger charge is 2.28. The van der Waals surface area contributed by atoms with Crippen LogP contribution >= 0.6 is 0 Å². The molecule has 2 aromatic rings. The Labute approximate surface area is 193 Å². The zero-order valence-electron chi connectivity index (χ0n) is 18.5. The summed E-state index contributed by atoms with van der Waals surface area (Å²) in [4.78, 5) is 0. The first-order valence-corrected chi connectivity index (χ1v) is 11.2. The van der Waals surface area contributed by atoms with Crippen molar-refractivity contribution in [1.29, 1.82) is 0 Å². The molecular weight excluding hydrogens is 462 g/mol. The van der Waals surface area contributed by atoms with E-state index >= 15 is 0 Å². The molecule has 4 rings (SSSR count). The molecule has 1 aliphatic heterocycles. The molecule has 1 saturated carbocycles. The smallest absolute Gasteiger partial charge is 0.378 e. The average Bonchev–Trinajstić information content (AvgIpc) is 2.77. The van der Waals surface area contributed by atoms with E-state index in [1.807, 2.05) is 0 Å². The minimum atomic E-state index is -4.94. The normalized spacial score (nSPS) is 25.7. The summed E-state index contributed by atoms with van der Waals surface area (Å²) in [5.74, 6) is -0.949. The van der Waals surface area contributed by atoms with Crippen molar-refractivity contribution in [3.63, 3.8) is 0 Å². The fourth-order valence-electron chi connectivity index (χ4n) is 4.32. The SMILES string of the molecule is CC1CCC(OCC2COC(c3cc(F)c4c(F)c(C#CC(F)(F)F)c(F)cc4c3)OC2)CC1. The first kappa shape index (κ1) is 24.8. The average molecular weight is 486 g/mol. The van der Waals surface area contributed by atoms with Gasteiger partial charge in [0.2, 0.25) is 0 Å². The number of hydrogen-bond donors (Lipinski definition) is 0. The Morgan fingerprint density at radius 3 is 2.29 bits per heavy atom. The number of hydrogen-bond acceptors (Lipinski definition) is 3. The number of alkyl halides is 3. The van der Waals surface area contributed by atoms with E-state index in [-0.39, 0.29) is 23.0 Å². The van der Waals surface area contributed by atoms with E-state index in [9.17, 15) is 26.3 Å². The molecule has 2 aromatic carbocycles. The van der Waals surface area contributed by atoms with E-state index in [4.69, 9.17) is 14.2 Å². The minimum absolute atomic E-state index is 0.00515. The summed E-state index contributed by atoms with van der Waals surface area (Å²) >= 11 is 0. The van der Waals surface area contributed by atoms with Gasteiger partial charge in [0.15, 0.2) is 12.1 Å². The maximum Gasteiger partial charge on any atom is 0.458 e. The highest BCUT2D eigenvalue weighted by Crippen LogP contribution is 2.33. The molecule has 1 saturated heterocycles. The van der Waals surface area contributed by atoms with Crippen LogP contribution in [0.4, 0.5) is 26.3 Å². The first-order chi connectivity index (χ1) is 16.1. The van der Waals surface area contributed by atoms with Crippen LogP contribution in [0, 0.1) is 41.1 Å². The summed E-state index contributed by atoms with van der Waals surface area (Å²) in [6.07, 6.45) is -1.29. The minimum Gasteiger partial charge on any atom is -0.378 e. The maximum atomic E-state index is 14.7. The van der Waals surface area contributed by atoms with E-state index in [0.29, 0.717) is 19.8 Å². The Kier molecular flexibility index (Phi) is 7.41. The standard InChI is InChI=1S/C25H24F6O3/c1-14-2-4-18(5-3-14)32-11-15-12-33-24(34-13-15)17-8-16-9-20(26)19(6-7-25(29,30)31)23(28)22(16)21(27)10-17/h8-10,14-15,18,24H,2-5,11-13H2,1H3. The van der Waals surface area contributed by atoms with E-state index in [1.54, 1.807) is 0 Å². The molecule has 0 amide bonds. The lowest BCUT2D eigenvalue weighted by Gasteiger charge is -2.32. The van der Waals surface area contributed by atoms with Gasteiger partial charge in [0.05, 0.1) is 36.9 Å². The monoisotopic (exact) mass is 486 g/mol. The van der Waals surface area contributed by atoms with Crippen LogP contribution in [0.2, 0.25) is 0 Å². The van der Waals surface area contributed by atoms with Crippen molar-refractivity contribution in [3.05, 3.63) is 46.8 Å². The Morgan fingerprint density at radius 1 is 0.971 bits per heavy atom. The van der Waals surface area contributed by atoms with E-state index < -0.39 is 40.9 Å². The van der Waals surface area contributed by atoms with Crippen molar-refractivity contribution in [3.8, 4) is 11.8 Å². The highest BCUT2D eigenvalue weighted by molar-refractivity contribution is 5.86. The Balaban J connectivity index is 1.44. The summed E-state index contributed by atoms with van der Waals surface area (Å²) in [7, 11) is 0. The second-order valence-electron chi connectivity index (χ2n) is 8.98. The first-order valence-electron chi connectivity index (χ1n) is 11.2. The van der Waals surface area contributed by atoms with Gasteiger partial charge in [-0.1, -0.05) is 12.8 Å². The fraction of sp³-hybridized carbons (Fsp3) is 0.520. The number of benzene rings is 2. The second-order valence-corrected chi connectivity index (χ2v) is 8.98. The molecule has 0 N–H and O–H groups in total. The lowest BCUT2D eigenvalue weighted by Crippen LogP contribution is -2.32.